The Morgan fingerprint density at radius 2 is 1.54 bits per heavy atom. The molecule has 0 aromatic carbocycles. The van der Waals surface area contributed by atoms with Gasteiger partial charge in [-0.1, -0.05) is 47.4 Å². The Kier molecular flexibility index (Phi) is 15.2. The summed E-state index contributed by atoms with van der Waals surface area (Å²) >= 11 is 0. The van der Waals surface area contributed by atoms with Crippen LogP contribution < -0.4 is 15.0 Å². The van der Waals surface area contributed by atoms with Gasteiger partial charge < -0.3 is 20.1 Å². The molecule has 3 aliphatic rings. The van der Waals surface area contributed by atoms with Crippen molar-refractivity contribution in [3.63, 3.8) is 0 Å². The molecule has 2 heterocycles. The zero-order valence-corrected chi connectivity index (χ0v) is 36.4. The smallest absolute Gasteiger partial charge is 0.342 e. The number of aliphatic imine (C=N–C) groups is 2. The summed E-state index contributed by atoms with van der Waals surface area (Å²) in [7, 11) is -3.67. The summed E-state index contributed by atoms with van der Waals surface area (Å²) in [6.45, 7) is 19.4. The monoisotopic (exact) mass is 794 g/mol. The van der Waals surface area contributed by atoms with Gasteiger partial charge in [-0.15, -0.1) is 0 Å². The number of carbonyl (C=O) groups excluding carboxylic acids is 2. The maximum absolute atomic E-state index is 13.9. The molecule has 52 heavy (non-hydrogen) atoms. The summed E-state index contributed by atoms with van der Waals surface area (Å²) in [6, 6.07) is -1.08. The molecule has 3 N–H and O–H groups in total. The summed E-state index contributed by atoms with van der Waals surface area (Å²) in [5, 5.41) is 13.6. The van der Waals surface area contributed by atoms with E-state index in [4.69, 9.17) is 14.5 Å². The van der Waals surface area contributed by atoms with E-state index in [9.17, 15) is 23.1 Å². The number of allylic oxidation sites excluding steroid dienone is 1. The Bertz CT molecular complexity index is 1690. The Morgan fingerprint density at radius 1 is 1.00 bits per heavy atom. The van der Waals surface area contributed by atoms with Gasteiger partial charge in [-0.25, -0.2) is 32.7 Å². The number of sulfonamides is 1. The maximum atomic E-state index is 13.9. The van der Waals surface area contributed by atoms with E-state index >= 15 is 0 Å². The first-order valence-electron chi connectivity index (χ1n) is 17.9. The van der Waals surface area contributed by atoms with Crippen molar-refractivity contribution in [1.29, 1.82) is 0 Å². The molecule has 13 nitrogen and oxygen atoms in total. The van der Waals surface area contributed by atoms with Crippen LogP contribution in [0.3, 0.4) is 0 Å². The van der Waals surface area contributed by atoms with Gasteiger partial charge in [0.1, 0.15) is 24.2 Å². The molecular weight excluding hydrogens is 740 g/mol. The van der Waals surface area contributed by atoms with Crippen molar-refractivity contribution in [2.24, 2.45) is 45.5 Å². The fourth-order valence-electron chi connectivity index (χ4n) is 8.08. The number of hydrogen-bond acceptors (Lipinski definition) is 9. The van der Waals surface area contributed by atoms with E-state index in [1.807, 2.05) is 6.92 Å². The minimum Gasteiger partial charge on any atom is -0.495 e. The van der Waals surface area contributed by atoms with Gasteiger partial charge >= 0.3 is 5.97 Å². The number of nitrogens with zero attached hydrogens (tertiary/aromatic N) is 3. The molecule has 15 heteroatoms. The molecule has 2 saturated carbocycles. The minimum atomic E-state index is -3.67. The molecule has 286 valence electrons. The van der Waals surface area contributed by atoms with Gasteiger partial charge in [0.15, 0.2) is 5.84 Å². The zero-order valence-electron chi connectivity index (χ0n) is 32.6. The van der Waals surface area contributed by atoms with Crippen molar-refractivity contribution in [3.05, 3.63) is 33.7 Å². The second-order valence-corrected chi connectivity index (χ2v) is 17.2. The normalized spacial score (nSPS) is 29.8. The van der Waals surface area contributed by atoms with Gasteiger partial charge in [0.05, 0.1) is 24.1 Å². The summed E-state index contributed by atoms with van der Waals surface area (Å²) < 4.78 is 32.1. The minimum absolute atomic E-state index is 0. The van der Waals surface area contributed by atoms with Crippen LogP contribution in [-0.2, 0) is 60.2 Å². The zero-order chi connectivity index (χ0) is 37.9. The Morgan fingerprint density at radius 3 is 2.06 bits per heavy atom. The molecule has 1 aromatic heterocycles. The molecule has 0 radical (unpaired) electrons. The van der Waals surface area contributed by atoms with E-state index in [0.29, 0.717) is 57.6 Å². The van der Waals surface area contributed by atoms with Gasteiger partial charge in [-0.05, 0) is 117 Å². The fourth-order valence-corrected chi connectivity index (χ4v) is 8.83. The maximum Gasteiger partial charge on any atom is 0.342 e. The average Bonchev–Trinajstić information content (AvgIpc) is 3.44. The number of esters is 1. The van der Waals surface area contributed by atoms with E-state index in [2.05, 4.69) is 66.6 Å². The molecule has 0 saturated heterocycles. The van der Waals surface area contributed by atoms with Crippen LogP contribution in [-0.4, -0.2) is 61.6 Å². The Hall–Kier alpha value is -2.71. The number of amidine groups is 1. The molecule has 1 aliphatic heterocycles. The Labute approximate surface area is 321 Å². The van der Waals surface area contributed by atoms with E-state index in [-0.39, 0.29) is 67.4 Å². The van der Waals surface area contributed by atoms with Gasteiger partial charge in [-0.2, -0.15) is 4.99 Å². The standard InChI is InChI=1S/C37H57N5O8S.Zn/c1-18-12-20(3)32(21(4)13-18)49-37(45)31-25(8)30(40-35(31)41-36(44)26(9)42-51(11,46)47)16-29-24(7)28(34(39-29)38-27(10)43)17-48-50-33-22(5)14-19(2)15-23(33)6;/h16,18-23,26,32-33,42H,12-15,17H2,1-11H3,(H3,38,39,40,41,43,44,45);/p-1. The van der Waals surface area contributed by atoms with Gasteiger partial charge in [0, 0.05) is 19.5 Å². The second-order valence-electron chi connectivity index (χ2n) is 15.4. The first kappa shape index (κ1) is 43.7. The molecule has 0 spiro atoms. The third-order valence-electron chi connectivity index (χ3n) is 10.3. The molecular formula is C37H56N5O8SZn-. The van der Waals surface area contributed by atoms with Gasteiger partial charge in [0.25, 0.3) is 0 Å². The van der Waals surface area contributed by atoms with Crippen molar-refractivity contribution in [1.82, 2.24) is 9.71 Å². The number of aliphatic hydroxyl groups is 1. The topological polar surface area (TPSA) is 179 Å². The van der Waals surface area contributed by atoms with Crippen LogP contribution in [0.5, 0.6) is 0 Å². The van der Waals surface area contributed by atoms with Crippen LogP contribution in [0.4, 0.5) is 5.82 Å². The third-order valence-corrected chi connectivity index (χ3v) is 11.1. The summed E-state index contributed by atoms with van der Waals surface area (Å²) in [4.78, 5) is 51.3. The number of ether oxygens (including phenoxy) is 1. The summed E-state index contributed by atoms with van der Waals surface area (Å²) in [6.07, 6.45) is 6.23. The van der Waals surface area contributed by atoms with E-state index in [1.165, 1.54) is 13.8 Å². The van der Waals surface area contributed by atoms with Crippen molar-refractivity contribution < 1.29 is 57.1 Å². The molecule has 5 atom stereocenters. The average molecular weight is 796 g/mol. The van der Waals surface area contributed by atoms with E-state index in [0.717, 1.165) is 31.9 Å². The molecule has 2 aliphatic carbocycles. The summed E-state index contributed by atoms with van der Waals surface area (Å²) in [5.41, 5.74) is 2.67. The molecule has 1 amide bonds. The first-order chi connectivity index (χ1) is 23.7. The molecule has 0 bridgehead atoms. The van der Waals surface area contributed by atoms with Gasteiger partial charge in [0.2, 0.25) is 15.9 Å². The number of aliphatic hydroxyl groups excluding tert-OH is 1. The van der Waals surface area contributed by atoms with Crippen LogP contribution in [0.15, 0.2) is 26.8 Å². The Balaban J connectivity index is 0.00000729. The van der Waals surface area contributed by atoms with Crippen molar-refractivity contribution in [2.45, 2.75) is 120 Å². The first-order valence-corrected chi connectivity index (χ1v) is 19.8. The van der Waals surface area contributed by atoms with Crippen molar-refractivity contribution in [3.8, 4) is 0 Å². The van der Waals surface area contributed by atoms with Crippen LogP contribution in [0.1, 0.15) is 105 Å². The van der Waals surface area contributed by atoms with Crippen LogP contribution >= 0.6 is 0 Å². The quantitative estimate of drug-likeness (QED) is 0.0605. The SMILES string of the molecule is CC(=O)Nc1[n-]c(/C=C2\N=C(N=C(O)C(C)NS(C)(=O)=O)C(C(=O)OC3C(C)CC(C)CC3C)=C2C)c(C)c1COOC1C(C)CC(C)CC1C.[Zn]. The van der Waals surface area contributed by atoms with Crippen LogP contribution in [0.2, 0.25) is 0 Å². The molecule has 4 rings (SSSR count). The predicted octanol–water partition coefficient (Wildman–Crippen LogP) is 6.00. The number of anilines is 1. The second kappa shape index (κ2) is 18.1. The van der Waals surface area contributed by atoms with Crippen LogP contribution in [0, 0.1) is 42.4 Å². The van der Waals surface area contributed by atoms with Crippen molar-refractivity contribution in [2.75, 3.05) is 11.6 Å². The summed E-state index contributed by atoms with van der Waals surface area (Å²) in [5.74, 6) is 0.802. The molecule has 5 unspecified atom stereocenters. The molecule has 2 fully saturated rings. The van der Waals surface area contributed by atoms with E-state index < -0.39 is 27.9 Å². The predicted molar refractivity (Wildman–Crippen MR) is 197 cm³/mol. The fraction of sp³-hybridized carbons (Fsp3) is 0.676. The van der Waals surface area contributed by atoms with Gasteiger partial charge in [-0.3, -0.25) is 4.79 Å². The van der Waals surface area contributed by atoms with Crippen LogP contribution in [0.25, 0.3) is 6.08 Å². The largest absolute Gasteiger partial charge is 0.495 e. The number of carbonyl (C=O) groups is 2. The molecule has 1 aromatic rings. The number of rotatable bonds is 11. The number of aromatic nitrogens is 1. The van der Waals surface area contributed by atoms with E-state index in [1.54, 1.807) is 13.0 Å². The van der Waals surface area contributed by atoms with Crippen molar-refractivity contribution >= 4 is 45.5 Å². The number of nitrogens with one attached hydrogen (secondary N) is 2. The third kappa shape index (κ3) is 10.9. The number of amides is 1. The number of hydrogen-bond donors (Lipinski definition) is 3.